The Bertz CT molecular complexity index is 893. The van der Waals surface area contributed by atoms with E-state index in [9.17, 15) is 0 Å². The van der Waals surface area contributed by atoms with Crippen LogP contribution >= 0.6 is 0 Å². The number of halogens is 1. The van der Waals surface area contributed by atoms with Gasteiger partial charge < -0.3 is 27.3 Å². The molecule has 0 atom stereocenters. The van der Waals surface area contributed by atoms with Crippen LogP contribution in [-0.4, -0.2) is 85.2 Å². The number of quaternary nitrogens is 1. The van der Waals surface area contributed by atoms with Crippen LogP contribution in [0.4, 0.5) is 11.8 Å². The number of fused-ring (bicyclic) bond motifs is 4. The third-order valence-electron chi connectivity index (χ3n) is 7.17. The van der Waals surface area contributed by atoms with Gasteiger partial charge in [0, 0.05) is 19.6 Å². The molecule has 5 heterocycles. The van der Waals surface area contributed by atoms with Gasteiger partial charge in [-0.2, -0.15) is 9.97 Å². The summed E-state index contributed by atoms with van der Waals surface area (Å²) in [7, 11) is -1.75. The fourth-order valence-corrected chi connectivity index (χ4v) is 5.12. The zero-order valence-corrected chi connectivity index (χ0v) is 21.2. The maximum absolute atomic E-state index is 6.19. The summed E-state index contributed by atoms with van der Waals surface area (Å²) < 4.78 is 14.9. The number of anilines is 1. The van der Waals surface area contributed by atoms with Crippen molar-refractivity contribution in [2.45, 2.75) is 45.6 Å². The van der Waals surface area contributed by atoms with Crippen LogP contribution in [0, 0.1) is 0 Å². The topological polar surface area (TPSA) is 91.3 Å². The smallest absolute Gasteiger partial charge is 0.261 e. The van der Waals surface area contributed by atoms with Crippen LogP contribution in [-0.2, 0) is 15.9 Å². The number of hydrogen-bond acceptors (Lipinski definition) is 7. The lowest BCUT2D eigenvalue weighted by Crippen LogP contribution is -3.00. The molecule has 3 aliphatic rings. The Morgan fingerprint density at radius 2 is 1.74 bits per heavy atom. The number of nitrogens with two attached hydrogens (primary N) is 1. The minimum atomic E-state index is -1.75. The number of imidazole rings is 1. The van der Waals surface area contributed by atoms with E-state index < -0.39 is 8.32 Å². The molecular weight excluding hydrogens is 434 g/mol. The number of rotatable bonds is 7. The Labute approximate surface area is 192 Å². The lowest BCUT2D eigenvalue weighted by Gasteiger charge is -2.49. The number of piperazine rings is 3. The van der Waals surface area contributed by atoms with Crippen molar-refractivity contribution in [3.8, 4) is 0 Å². The van der Waals surface area contributed by atoms with Crippen LogP contribution < -0.4 is 22.6 Å². The minimum Gasteiger partial charge on any atom is -1.00 e. The van der Waals surface area contributed by atoms with Crippen LogP contribution in [0.1, 0.15) is 20.8 Å². The second kappa shape index (κ2) is 8.91. The van der Waals surface area contributed by atoms with E-state index in [2.05, 4.69) is 53.7 Å². The third kappa shape index (κ3) is 4.74. The Morgan fingerprint density at radius 1 is 1.10 bits per heavy atom. The molecule has 2 N–H and O–H groups in total. The van der Waals surface area contributed by atoms with E-state index in [1.807, 2.05) is 4.57 Å². The highest BCUT2D eigenvalue weighted by Crippen LogP contribution is 2.36. The van der Waals surface area contributed by atoms with Crippen molar-refractivity contribution in [3.05, 3.63) is 6.33 Å². The second-order valence-corrected chi connectivity index (χ2v) is 14.9. The van der Waals surface area contributed by atoms with Gasteiger partial charge in [0.1, 0.15) is 6.73 Å². The third-order valence-corrected chi connectivity index (χ3v) is 11.7. The lowest BCUT2D eigenvalue weighted by atomic mass is 10.1. The number of ether oxygens (including phenoxy) is 1. The molecule has 0 spiro atoms. The summed E-state index contributed by atoms with van der Waals surface area (Å²) >= 11 is 0. The van der Waals surface area contributed by atoms with Crippen LogP contribution in [0.3, 0.4) is 0 Å². The van der Waals surface area contributed by atoms with Crippen molar-refractivity contribution >= 4 is 31.2 Å². The van der Waals surface area contributed by atoms with Crippen molar-refractivity contribution < 1.29 is 21.6 Å². The first-order valence-electron chi connectivity index (χ1n) is 10.9. The molecule has 2 aromatic heterocycles. The van der Waals surface area contributed by atoms with Crippen LogP contribution in [0.2, 0.25) is 18.1 Å². The van der Waals surface area contributed by atoms with E-state index in [1.54, 1.807) is 6.33 Å². The molecular formula is C20H36ClN7O2Si. The number of nitrogen functional groups attached to an aromatic ring is 1. The Kier molecular flexibility index (Phi) is 7.00. The van der Waals surface area contributed by atoms with Gasteiger partial charge in [0.2, 0.25) is 5.95 Å². The molecule has 0 aliphatic carbocycles. The summed E-state index contributed by atoms with van der Waals surface area (Å²) in [6, 6.07) is 0. The van der Waals surface area contributed by atoms with Crippen molar-refractivity contribution in [2.75, 3.05) is 58.2 Å². The SMILES string of the molecule is CC(C)(C)[Si](C)(C)OCCOCn1cnc2c([N+]34CCN(CC3)CC4)nc(N)nc21.[Cl-]. The monoisotopic (exact) mass is 469 g/mol. The van der Waals surface area contributed by atoms with E-state index in [-0.39, 0.29) is 17.4 Å². The maximum Gasteiger partial charge on any atom is 0.261 e. The first-order valence-corrected chi connectivity index (χ1v) is 13.8. The predicted octanol–water partition coefficient (Wildman–Crippen LogP) is -0.955. The molecule has 0 saturated carbocycles. The van der Waals surface area contributed by atoms with E-state index in [4.69, 9.17) is 14.9 Å². The molecule has 0 unspecified atom stereocenters. The number of hydrogen-bond donors (Lipinski definition) is 1. The molecule has 2 bridgehead atoms. The maximum atomic E-state index is 6.19. The summed E-state index contributed by atoms with van der Waals surface area (Å²) in [5.41, 5.74) is 7.71. The fraction of sp³-hybridized carbons (Fsp3) is 0.750. The number of nitrogens with zero attached hydrogens (tertiary/aromatic N) is 6. The van der Waals surface area contributed by atoms with Crippen molar-refractivity contribution in [1.82, 2.24) is 28.9 Å². The molecule has 11 heteroatoms. The average molecular weight is 470 g/mol. The Morgan fingerprint density at radius 3 is 2.35 bits per heavy atom. The Hall–Kier alpha value is -1.30. The highest BCUT2D eigenvalue weighted by Gasteiger charge is 2.43. The second-order valence-electron chi connectivity index (χ2n) is 10.1. The lowest BCUT2D eigenvalue weighted by molar-refractivity contribution is -0.00000809. The van der Waals surface area contributed by atoms with Gasteiger partial charge in [-0.25, -0.2) is 4.98 Å². The van der Waals surface area contributed by atoms with E-state index >= 15 is 0 Å². The molecule has 9 nitrogen and oxygen atoms in total. The summed E-state index contributed by atoms with van der Waals surface area (Å²) in [6.07, 6.45) is 1.79. The summed E-state index contributed by atoms with van der Waals surface area (Å²) in [5.74, 6) is 1.28. The van der Waals surface area contributed by atoms with Crippen molar-refractivity contribution in [2.24, 2.45) is 0 Å². The minimum absolute atomic E-state index is 0. The van der Waals surface area contributed by atoms with Crippen LogP contribution in [0.25, 0.3) is 11.2 Å². The first kappa shape index (κ1) is 24.3. The van der Waals surface area contributed by atoms with Gasteiger partial charge in [-0.15, -0.1) is 0 Å². The summed E-state index contributed by atoms with van der Waals surface area (Å²) in [4.78, 5) is 16.3. The van der Waals surface area contributed by atoms with E-state index in [1.165, 1.54) is 0 Å². The Balaban J connectivity index is 0.00000272. The summed E-state index contributed by atoms with van der Waals surface area (Å²) in [5, 5.41) is 0.200. The molecule has 2 aromatic rings. The van der Waals surface area contributed by atoms with Gasteiger partial charge >= 0.3 is 0 Å². The average Bonchev–Trinajstić information content (AvgIpc) is 3.10. The molecule has 3 saturated heterocycles. The molecule has 0 amide bonds. The van der Waals surface area contributed by atoms with Gasteiger partial charge in [-0.1, -0.05) is 20.8 Å². The van der Waals surface area contributed by atoms with E-state index in [0.29, 0.717) is 25.9 Å². The van der Waals surface area contributed by atoms with Gasteiger partial charge in [-0.3, -0.25) is 14.0 Å². The summed E-state index contributed by atoms with van der Waals surface area (Å²) in [6.45, 7) is 19.2. The quantitative estimate of drug-likeness (QED) is 0.317. The van der Waals surface area contributed by atoms with Crippen molar-refractivity contribution in [3.63, 3.8) is 0 Å². The molecule has 31 heavy (non-hydrogen) atoms. The van der Waals surface area contributed by atoms with Crippen molar-refractivity contribution in [1.29, 1.82) is 0 Å². The van der Waals surface area contributed by atoms with E-state index in [0.717, 1.165) is 60.7 Å². The fourth-order valence-electron chi connectivity index (χ4n) is 4.09. The molecule has 174 valence electrons. The highest BCUT2D eigenvalue weighted by molar-refractivity contribution is 6.74. The zero-order chi connectivity index (χ0) is 21.6. The van der Waals surface area contributed by atoms with Gasteiger partial charge in [-0.05, 0) is 18.1 Å². The van der Waals surface area contributed by atoms with Gasteiger partial charge in [0.25, 0.3) is 5.82 Å². The van der Waals surface area contributed by atoms with Gasteiger partial charge in [0.15, 0.2) is 19.5 Å². The first-order chi connectivity index (χ1) is 14.1. The molecule has 3 aliphatic heterocycles. The highest BCUT2D eigenvalue weighted by atomic mass is 35.5. The zero-order valence-electron chi connectivity index (χ0n) is 19.4. The molecule has 3 fully saturated rings. The predicted molar refractivity (Wildman–Crippen MR) is 122 cm³/mol. The van der Waals surface area contributed by atoms with Gasteiger partial charge in [0.05, 0.1) is 39.2 Å². The van der Waals surface area contributed by atoms with Crippen LogP contribution in [0.5, 0.6) is 0 Å². The largest absolute Gasteiger partial charge is 1.00 e. The molecule has 5 rings (SSSR count). The molecule has 0 radical (unpaired) electrons. The number of aromatic nitrogens is 4. The molecule has 0 aromatic carbocycles. The normalized spacial score (nSPS) is 23.8. The standard InChI is InChI=1S/C20H36N7O2Si.ClH/c1-20(2,3)30(4,5)29-13-12-28-15-26-14-22-16-17(26)23-19(21)24-18(16)27-9-6-25(7-10-27)8-11-27;/h14H,6-13,15H2,1-5H3,(H2,21,23,24);1H/q+1;/p-1. The van der Waals surface area contributed by atoms with Crippen LogP contribution in [0.15, 0.2) is 6.33 Å².